The highest BCUT2D eigenvalue weighted by molar-refractivity contribution is 5.37. The SMILES string of the molecule is CC1(C)Cc2ccccc2C1NCC1CCCCC1. The first kappa shape index (κ1) is 13.2. The molecule has 0 amide bonds. The van der Waals surface area contributed by atoms with Crippen LogP contribution in [0.1, 0.15) is 63.1 Å². The Morgan fingerprint density at radius 2 is 1.84 bits per heavy atom. The number of rotatable bonds is 3. The fourth-order valence-electron chi connectivity index (χ4n) is 4.05. The zero-order valence-electron chi connectivity index (χ0n) is 12.4. The van der Waals surface area contributed by atoms with E-state index in [0.29, 0.717) is 11.5 Å². The first-order valence-corrected chi connectivity index (χ1v) is 7.98. The topological polar surface area (TPSA) is 12.0 Å². The zero-order chi connectivity index (χ0) is 13.3. The van der Waals surface area contributed by atoms with E-state index in [4.69, 9.17) is 0 Å². The molecular weight excluding hydrogens is 230 g/mol. The lowest BCUT2D eigenvalue weighted by molar-refractivity contribution is 0.242. The van der Waals surface area contributed by atoms with Crippen LogP contribution in [0.5, 0.6) is 0 Å². The van der Waals surface area contributed by atoms with Crippen molar-refractivity contribution in [2.24, 2.45) is 11.3 Å². The van der Waals surface area contributed by atoms with Gasteiger partial charge in [0.1, 0.15) is 0 Å². The predicted molar refractivity (Wildman–Crippen MR) is 81.2 cm³/mol. The molecule has 2 aliphatic rings. The Bertz CT molecular complexity index is 429. The van der Waals surface area contributed by atoms with Crippen molar-refractivity contribution in [1.82, 2.24) is 5.32 Å². The maximum absolute atomic E-state index is 3.90. The van der Waals surface area contributed by atoms with Crippen molar-refractivity contribution in [3.8, 4) is 0 Å². The van der Waals surface area contributed by atoms with Crippen molar-refractivity contribution in [3.05, 3.63) is 35.4 Å². The summed E-state index contributed by atoms with van der Waals surface area (Å²) in [5, 5.41) is 3.90. The lowest BCUT2D eigenvalue weighted by Gasteiger charge is -2.31. The Morgan fingerprint density at radius 1 is 1.11 bits per heavy atom. The largest absolute Gasteiger partial charge is 0.309 e. The Kier molecular flexibility index (Phi) is 3.66. The first-order valence-electron chi connectivity index (χ1n) is 7.98. The number of fused-ring (bicyclic) bond motifs is 1. The normalized spacial score (nSPS) is 26.3. The summed E-state index contributed by atoms with van der Waals surface area (Å²) in [4.78, 5) is 0. The summed E-state index contributed by atoms with van der Waals surface area (Å²) in [5.41, 5.74) is 3.45. The molecule has 1 unspecified atom stereocenters. The third-order valence-electron chi connectivity index (χ3n) is 5.13. The van der Waals surface area contributed by atoms with Crippen LogP contribution in [0.3, 0.4) is 0 Å². The quantitative estimate of drug-likeness (QED) is 0.842. The highest BCUT2D eigenvalue weighted by Gasteiger charge is 2.38. The first-order chi connectivity index (χ1) is 9.17. The summed E-state index contributed by atoms with van der Waals surface area (Å²) in [6.45, 7) is 6.03. The summed E-state index contributed by atoms with van der Waals surface area (Å²) in [7, 11) is 0. The molecule has 0 radical (unpaired) electrons. The van der Waals surface area contributed by atoms with Crippen molar-refractivity contribution in [1.29, 1.82) is 0 Å². The van der Waals surface area contributed by atoms with Crippen molar-refractivity contribution >= 4 is 0 Å². The standard InChI is InChI=1S/C18H27N/c1-18(2)12-15-10-6-7-11-16(15)17(18)19-13-14-8-4-3-5-9-14/h6-7,10-11,14,17,19H,3-5,8-9,12-13H2,1-2H3. The molecule has 0 spiro atoms. The van der Waals surface area contributed by atoms with Gasteiger partial charge in [0.05, 0.1) is 0 Å². The average Bonchev–Trinajstić information content (AvgIpc) is 2.67. The fourth-order valence-corrected chi connectivity index (χ4v) is 4.05. The smallest absolute Gasteiger partial charge is 0.0377 e. The van der Waals surface area contributed by atoms with E-state index < -0.39 is 0 Å². The molecule has 3 rings (SSSR count). The monoisotopic (exact) mass is 257 g/mol. The molecule has 1 aromatic rings. The molecule has 0 saturated heterocycles. The molecule has 0 aromatic heterocycles. The summed E-state index contributed by atoms with van der Waals surface area (Å²) >= 11 is 0. The molecule has 1 nitrogen and oxygen atoms in total. The van der Waals surface area contributed by atoms with Crippen LogP contribution in [0.25, 0.3) is 0 Å². The van der Waals surface area contributed by atoms with Crippen molar-refractivity contribution < 1.29 is 0 Å². The molecule has 2 aliphatic carbocycles. The molecule has 104 valence electrons. The maximum atomic E-state index is 3.90. The van der Waals surface area contributed by atoms with Gasteiger partial charge in [-0.2, -0.15) is 0 Å². The van der Waals surface area contributed by atoms with Gasteiger partial charge in [-0.05, 0) is 48.3 Å². The van der Waals surface area contributed by atoms with E-state index >= 15 is 0 Å². The molecule has 0 aliphatic heterocycles. The van der Waals surface area contributed by atoms with E-state index in [1.807, 2.05) is 0 Å². The van der Waals surface area contributed by atoms with Crippen LogP contribution in [-0.4, -0.2) is 6.54 Å². The second-order valence-corrected chi connectivity index (χ2v) is 7.21. The van der Waals surface area contributed by atoms with Gasteiger partial charge < -0.3 is 5.32 Å². The Balaban J connectivity index is 1.68. The Hall–Kier alpha value is -0.820. The summed E-state index contributed by atoms with van der Waals surface area (Å²) < 4.78 is 0. The summed E-state index contributed by atoms with van der Waals surface area (Å²) in [6.07, 6.45) is 8.41. The molecule has 1 aromatic carbocycles. The Morgan fingerprint density at radius 3 is 2.63 bits per heavy atom. The lowest BCUT2D eigenvalue weighted by Crippen LogP contribution is -2.35. The van der Waals surface area contributed by atoms with Gasteiger partial charge in [-0.1, -0.05) is 57.4 Å². The molecular formula is C18H27N. The van der Waals surface area contributed by atoms with Crippen LogP contribution < -0.4 is 5.32 Å². The second kappa shape index (κ2) is 5.28. The highest BCUT2D eigenvalue weighted by atomic mass is 14.9. The second-order valence-electron chi connectivity index (χ2n) is 7.21. The van der Waals surface area contributed by atoms with Crippen LogP contribution >= 0.6 is 0 Å². The molecule has 1 heteroatoms. The minimum Gasteiger partial charge on any atom is -0.309 e. The van der Waals surface area contributed by atoms with Gasteiger partial charge in [-0.25, -0.2) is 0 Å². The van der Waals surface area contributed by atoms with Crippen molar-refractivity contribution in [2.75, 3.05) is 6.54 Å². The average molecular weight is 257 g/mol. The summed E-state index contributed by atoms with van der Waals surface area (Å²) in [5.74, 6) is 0.914. The lowest BCUT2D eigenvalue weighted by atomic mass is 9.84. The number of benzene rings is 1. The molecule has 1 atom stereocenters. The van der Waals surface area contributed by atoms with Gasteiger partial charge in [0.25, 0.3) is 0 Å². The molecule has 0 heterocycles. The van der Waals surface area contributed by atoms with Crippen LogP contribution in [0, 0.1) is 11.3 Å². The summed E-state index contributed by atoms with van der Waals surface area (Å²) in [6, 6.07) is 9.54. The van der Waals surface area contributed by atoms with E-state index in [-0.39, 0.29) is 0 Å². The van der Waals surface area contributed by atoms with Gasteiger partial charge in [-0.15, -0.1) is 0 Å². The third kappa shape index (κ3) is 2.72. The number of nitrogens with one attached hydrogen (secondary N) is 1. The third-order valence-corrected chi connectivity index (χ3v) is 5.13. The minimum atomic E-state index is 0.359. The minimum absolute atomic E-state index is 0.359. The van der Waals surface area contributed by atoms with Gasteiger partial charge in [0.15, 0.2) is 0 Å². The van der Waals surface area contributed by atoms with Crippen molar-refractivity contribution in [2.45, 2.75) is 58.4 Å². The highest BCUT2D eigenvalue weighted by Crippen LogP contribution is 2.45. The van der Waals surface area contributed by atoms with Gasteiger partial charge in [-0.3, -0.25) is 0 Å². The van der Waals surface area contributed by atoms with Crippen LogP contribution in [0.4, 0.5) is 0 Å². The van der Waals surface area contributed by atoms with E-state index in [9.17, 15) is 0 Å². The molecule has 0 bridgehead atoms. The van der Waals surface area contributed by atoms with Gasteiger partial charge in [0, 0.05) is 6.04 Å². The number of hydrogen-bond donors (Lipinski definition) is 1. The molecule has 1 saturated carbocycles. The predicted octanol–water partition coefficient (Wildman–Crippen LogP) is 4.48. The molecule has 19 heavy (non-hydrogen) atoms. The van der Waals surface area contributed by atoms with Crippen LogP contribution in [0.15, 0.2) is 24.3 Å². The Labute approximate surface area is 117 Å². The van der Waals surface area contributed by atoms with Crippen LogP contribution in [0.2, 0.25) is 0 Å². The number of hydrogen-bond acceptors (Lipinski definition) is 1. The molecule has 1 N–H and O–H groups in total. The van der Waals surface area contributed by atoms with E-state index in [1.165, 1.54) is 45.1 Å². The van der Waals surface area contributed by atoms with Gasteiger partial charge in [0.2, 0.25) is 0 Å². The maximum Gasteiger partial charge on any atom is 0.0377 e. The molecule has 1 fully saturated rings. The van der Waals surface area contributed by atoms with E-state index in [1.54, 1.807) is 11.1 Å². The van der Waals surface area contributed by atoms with Crippen LogP contribution in [-0.2, 0) is 6.42 Å². The zero-order valence-corrected chi connectivity index (χ0v) is 12.4. The van der Waals surface area contributed by atoms with Gasteiger partial charge >= 0.3 is 0 Å². The fraction of sp³-hybridized carbons (Fsp3) is 0.667. The van der Waals surface area contributed by atoms with E-state index in [0.717, 1.165) is 5.92 Å². The van der Waals surface area contributed by atoms with E-state index in [2.05, 4.69) is 43.4 Å². The van der Waals surface area contributed by atoms with Crippen molar-refractivity contribution in [3.63, 3.8) is 0 Å².